The predicted molar refractivity (Wildman–Crippen MR) is 73.5 cm³/mol. The molecular weight excluding hydrogens is 282 g/mol. The summed E-state index contributed by atoms with van der Waals surface area (Å²) in [4.78, 5) is 14.0. The standard InChI is InChI=1S/C13H24BrNO2/c1-11(2)15(9-8-14)13(16)7-6-12-5-3-4-10-17-12/h11-12H,3-10H2,1-2H3. The van der Waals surface area contributed by atoms with Crippen molar-refractivity contribution in [2.45, 2.75) is 58.1 Å². The van der Waals surface area contributed by atoms with Gasteiger partial charge in [0.05, 0.1) is 6.10 Å². The number of hydrogen-bond acceptors (Lipinski definition) is 2. The van der Waals surface area contributed by atoms with Crippen LogP contribution in [-0.2, 0) is 9.53 Å². The van der Waals surface area contributed by atoms with E-state index in [9.17, 15) is 4.79 Å². The number of ether oxygens (including phenoxy) is 1. The lowest BCUT2D eigenvalue weighted by molar-refractivity contribution is -0.133. The number of nitrogens with zero attached hydrogens (tertiary/aromatic N) is 1. The molecule has 0 aromatic carbocycles. The van der Waals surface area contributed by atoms with Crippen molar-refractivity contribution in [3.8, 4) is 0 Å². The van der Waals surface area contributed by atoms with Gasteiger partial charge in [-0.25, -0.2) is 0 Å². The van der Waals surface area contributed by atoms with E-state index in [1.807, 2.05) is 4.90 Å². The van der Waals surface area contributed by atoms with Crippen LogP contribution in [0.5, 0.6) is 0 Å². The summed E-state index contributed by atoms with van der Waals surface area (Å²) in [7, 11) is 0. The zero-order valence-corrected chi connectivity index (χ0v) is 12.5. The maximum Gasteiger partial charge on any atom is 0.222 e. The van der Waals surface area contributed by atoms with Crippen LogP contribution in [0, 0.1) is 0 Å². The molecule has 17 heavy (non-hydrogen) atoms. The van der Waals surface area contributed by atoms with E-state index in [1.165, 1.54) is 12.8 Å². The summed E-state index contributed by atoms with van der Waals surface area (Å²) in [6, 6.07) is 0.285. The van der Waals surface area contributed by atoms with Crippen LogP contribution in [0.25, 0.3) is 0 Å². The smallest absolute Gasteiger partial charge is 0.222 e. The first-order chi connectivity index (χ1) is 8.15. The molecule has 0 bridgehead atoms. The third-order valence-electron chi connectivity index (χ3n) is 3.22. The van der Waals surface area contributed by atoms with Crippen LogP contribution in [0.1, 0.15) is 46.0 Å². The van der Waals surface area contributed by atoms with Gasteiger partial charge < -0.3 is 9.64 Å². The highest BCUT2D eigenvalue weighted by Gasteiger charge is 2.19. The molecule has 0 radical (unpaired) electrons. The molecule has 1 fully saturated rings. The summed E-state index contributed by atoms with van der Waals surface area (Å²) in [5.74, 6) is 0.258. The number of carbonyl (C=O) groups is 1. The topological polar surface area (TPSA) is 29.5 Å². The van der Waals surface area contributed by atoms with Crippen LogP contribution in [-0.4, -0.2) is 41.4 Å². The van der Waals surface area contributed by atoms with E-state index in [4.69, 9.17) is 4.74 Å². The number of amides is 1. The molecule has 1 unspecified atom stereocenters. The highest BCUT2D eigenvalue weighted by molar-refractivity contribution is 9.09. The first-order valence-corrected chi connectivity index (χ1v) is 7.74. The summed E-state index contributed by atoms with van der Waals surface area (Å²) in [6.07, 6.45) is 5.35. The van der Waals surface area contributed by atoms with Crippen LogP contribution in [0.2, 0.25) is 0 Å². The Balaban J connectivity index is 2.30. The number of alkyl halides is 1. The fraction of sp³-hybridized carbons (Fsp3) is 0.923. The number of carbonyl (C=O) groups excluding carboxylic acids is 1. The Kier molecular flexibility index (Phi) is 7.12. The Hall–Kier alpha value is -0.0900. The molecular formula is C13H24BrNO2. The fourth-order valence-corrected chi connectivity index (χ4v) is 2.61. The maximum atomic E-state index is 12.1. The van der Waals surface area contributed by atoms with E-state index in [2.05, 4.69) is 29.8 Å². The van der Waals surface area contributed by atoms with Gasteiger partial charge in [-0.2, -0.15) is 0 Å². The molecule has 1 heterocycles. The van der Waals surface area contributed by atoms with E-state index >= 15 is 0 Å². The summed E-state index contributed by atoms with van der Waals surface area (Å²) in [5.41, 5.74) is 0. The monoisotopic (exact) mass is 305 g/mol. The van der Waals surface area contributed by atoms with Gasteiger partial charge in [-0.15, -0.1) is 0 Å². The molecule has 0 saturated carbocycles. The Bertz CT molecular complexity index is 227. The third-order valence-corrected chi connectivity index (χ3v) is 3.58. The quantitative estimate of drug-likeness (QED) is 0.706. The van der Waals surface area contributed by atoms with Gasteiger partial charge in [-0.05, 0) is 39.5 Å². The lowest BCUT2D eigenvalue weighted by atomic mass is 10.0. The molecule has 1 aliphatic rings. The van der Waals surface area contributed by atoms with Crippen LogP contribution in [0.15, 0.2) is 0 Å². The van der Waals surface area contributed by atoms with Crippen LogP contribution in [0.4, 0.5) is 0 Å². The van der Waals surface area contributed by atoms with Gasteiger partial charge in [0, 0.05) is 30.9 Å². The zero-order valence-electron chi connectivity index (χ0n) is 11.0. The SMILES string of the molecule is CC(C)N(CCBr)C(=O)CCC1CCCCO1. The first-order valence-electron chi connectivity index (χ1n) is 6.62. The average molecular weight is 306 g/mol. The molecule has 4 heteroatoms. The normalized spacial score (nSPS) is 20.6. The summed E-state index contributed by atoms with van der Waals surface area (Å²) in [6.45, 7) is 5.80. The molecule has 0 aromatic rings. The Morgan fingerprint density at radius 3 is 2.76 bits per heavy atom. The van der Waals surface area contributed by atoms with Gasteiger partial charge >= 0.3 is 0 Å². The first kappa shape index (κ1) is 15.0. The second-order valence-corrected chi connectivity index (χ2v) is 5.69. The Labute approximate surface area is 113 Å². The molecule has 1 rings (SSSR count). The second-order valence-electron chi connectivity index (χ2n) is 4.90. The van der Waals surface area contributed by atoms with Crippen molar-refractivity contribution in [1.82, 2.24) is 4.90 Å². The van der Waals surface area contributed by atoms with Crippen molar-refractivity contribution in [2.24, 2.45) is 0 Å². The lowest BCUT2D eigenvalue weighted by Gasteiger charge is -2.28. The van der Waals surface area contributed by atoms with Crippen molar-refractivity contribution in [2.75, 3.05) is 18.5 Å². The summed E-state index contributed by atoms with van der Waals surface area (Å²) >= 11 is 3.40. The molecule has 1 saturated heterocycles. The van der Waals surface area contributed by atoms with Crippen molar-refractivity contribution < 1.29 is 9.53 Å². The van der Waals surface area contributed by atoms with E-state index < -0.39 is 0 Å². The predicted octanol–water partition coefficient (Wildman–Crippen LogP) is 2.97. The van der Waals surface area contributed by atoms with E-state index in [0.29, 0.717) is 12.5 Å². The van der Waals surface area contributed by atoms with Gasteiger partial charge in [0.2, 0.25) is 5.91 Å². The largest absolute Gasteiger partial charge is 0.378 e. The summed E-state index contributed by atoms with van der Waals surface area (Å²) in [5, 5.41) is 0.844. The fourth-order valence-electron chi connectivity index (χ4n) is 2.23. The molecule has 100 valence electrons. The highest BCUT2D eigenvalue weighted by Crippen LogP contribution is 2.18. The zero-order chi connectivity index (χ0) is 12.7. The second kappa shape index (κ2) is 8.09. The van der Waals surface area contributed by atoms with E-state index in [-0.39, 0.29) is 11.9 Å². The molecule has 0 aromatic heterocycles. The Morgan fingerprint density at radius 1 is 1.47 bits per heavy atom. The van der Waals surface area contributed by atoms with Gasteiger partial charge in [0.25, 0.3) is 0 Å². The molecule has 1 atom stereocenters. The van der Waals surface area contributed by atoms with Crippen LogP contribution < -0.4 is 0 Å². The minimum atomic E-state index is 0.258. The molecule has 1 amide bonds. The lowest BCUT2D eigenvalue weighted by Crippen LogP contribution is -2.38. The van der Waals surface area contributed by atoms with Gasteiger partial charge in [-0.1, -0.05) is 15.9 Å². The van der Waals surface area contributed by atoms with Crippen molar-refractivity contribution in [1.29, 1.82) is 0 Å². The minimum absolute atomic E-state index is 0.258. The number of rotatable bonds is 6. The maximum absolute atomic E-state index is 12.1. The molecule has 0 spiro atoms. The molecule has 0 N–H and O–H groups in total. The van der Waals surface area contributed by atoms with Crippen LogP contribution in [0.3, 0.4) is 0 Å². The number of halogens is 1. The van der Waals surface area contributed by atoms with Gasteiger partial charge in [0.1, 0.15) is 0 Å². The van der Waals surface area contributed by atoms with Gasteiger partial charge in [-0.3, -0.25) is 4.79 Å². The van der Waals surface area contributed by atoms with E-state index in [0.717, 1.165) is 31.3 Å². The molecule has 1 aliphatic heterocycles. The van der Waals surface area contributed by atoms with Crippen molar-refractivity contribution >= 4 is 21.8 Å². The average Bonchev–Trinajstić information content (AvgIpc) is 2.34. The van der Waals surface area contributed by atoms with Crippen LogP contribution >= 0.6 is 15.9 Å². The van der Waals surface area contributed by atoms with E-state index in [1.54, 1.807) is 0 Å². The minimum Gasteiger partial charge on any atom is -0.378 e. The molecule has 3 nitrogen and oxygen atoms in total. The Morgan fingerprint density at radius 2 is 2.24 bits per heavy atom. The molecule has 0 aliphatic carbocycles. The number of hydrogen-bond donors (Lipinski definition) is 0. The van der Waals surface area contributed by atoms with Crippen molar-refractivity contribution in [3.05, 3.63) is 0 Å². The third kappa shape index (κ3) is 5.38. The van der Waals surface area contributed by atoms with Crippen molar-refractivity contribution in [3.63, 3.8) is 0 Å². The highest BCUT2D eigenvalue weighted by atomic mass is 79.9. The van der Waals surface area contributed by atoms with Gasteiger partial charge in [0.15, 0.2) is 0 Å². The summed E-state index contributed by atoms with van der Waals surface area (Å²) < 4.78 is 5.65.